The molecule has 0 atom stereocenters. The van der Waals surface area contributed by atoms with Crippen molar-refractivity contribution < 1.29 is 5.11 Å². The van der Waals surface area contributed by atoms with Crippen molar-refractivity contribution in [3.05, 3.63) is 29.8 Å². The Labute approximate surface area is 85.4 Å². The van der Waals surface area contributed by atoms with E-state index < -0.39 is 0 Å². The molecule has 1 aromatic carbocycles. The van der Waals surface area contributed by atoms with Gasteiger partial charge < -0.3 is 10.4 Å². The van der Waals surface area contributed by atoms with Crippen LogP contribution in [0.3, 0.4) is 0 Å². The zero-order valence-electron chi connectivity index (χ0n) is 7.79. The maximum Gasteiger partial charge on any atom is 0.115 e. The molecule has 0 saturated heterocycles. The van der Waals surface area contributed by atoms with Crippen LogP contribution in [-0.2, 0) is 6.42 Å². The minimum Gasteiger partial charge on any atom is -0.508 e. The van der Waals surface area contributed by atoms with Crippen molar-refractivity contribution in [3.63, 3.8) is 0 Å². The molecule has 0 aliphatic heterocycles. The molecule has 3 heteroatoms. The molecule has 0 saturated carbocycles. The summed E-state index contributed by atoms with van der Waals surface area (Å²) < 4.78 is 0. The summed E-state index contributed by atoms with van der Waals surface area (Å²) >= 11 is 0. The number of phenolic OH excluding ortho intramolecular Hbond substituents is 1. The van der Waals surface area contributed by atoms with Crippen LogP contribution in [0.5, 0.6) is 5.75 Å². The third kappa shape index (κ3) is 4.76. The molecular formula is C10H16ClNO. The average molecular weight is 202 g/mol. The molecule has 0 heterocycles. The minimum atomic E-state index is 0. The number of rotatable bonds is 4. The lowest BCUT2D eigenvalue weighted by Crippen LogP contribution is -2.15. The van der Waals surface area contributed by atoms with Crippen LogP contribution in [0.25, 0.3) is 0 Å². The van der Waals surface area contributed by atoms with Gasteiger partial charge in [-0.25, -0.2) is 0 Å². The summed E-state index contributed by atoms with van der Waals surface area (Å²) in [4.78, 5) is 0. The van der Waals surface area contributed by atoms with Gasteiger partial charge >= 0.3 is 0 Å². The molecule has 0 fully saturated rings. The second-order valence-electron chi connectivity index (χ2n) is 2.77. The third-order valence-corrected chi connectivity index (χ3v) is 1.78. The molecule has 74 valence electrons. The van der Waals surface area contributed by atoms with Gasteiger partial charge in [0.2, 0.25) is 0 Å². The van der Waals surface area contributed by atoms with Gasteiger partial charge in [-0.3, -0.25) is 0 Å². The Kier molecular flexibility index (Phi) is 6.37. The molecule has 0 amide bonds. The van der Waals surface area contributed by atoms with E-state index in [0.29, 0.717) is 5.75 Å². The van der Waals surface area contributed by atoms with Gasteiger partial charge in [0, 0.05) is 0 Å². The molecule has 1 rings (SSSR count). The zero-order chi connectivity index (χ0) is 8.81. The Bertz CT molecular complexity index is 223. The van der Waals surface area contributed by atoms with E-state index in [9.17, 15) is 0 Å². The smallest absolute Gasteiger partial charge is 0.115 e. The highest BCUT2D eigenvalue weighted by molar-refractivity contribution is 5.85. The van der Waals surface area contributed by atoms with Crippen LogP contribution in [0.2, 0.25) is 0 Å². The van der Waals surface area contributed by atoms with Gasteiger partial charge in [-0.15, -0.1) is 12.4 Å². The van der Waals surface area contributed by atoms with Crippen molar-refractivity contribution in [2.24, 2.45) is 0 Å². The fourth-order valence-corrected chi connectivity index (χ4v) is 1.07. The van der Waals surface area contributed by atoms with Gasteiger partial charge in [-0.1, -0.05) is 19.1 Å². The monoisotopic (exact) mass is 201 g/mol. The number of phenols is 1. The van der Waals surface area contributed by atoms with Crippen molar-refractivity contribution in [2.75, 3.05) is 13.1 Å². The first-order valence-corrected chi connectivity index (χ1v) is 4.31. The van der Waals surface area contributed by atoms with Crippen molar-refractivity contribution in [1.29, 1.82) is 0 Å². The topological polar surface area (TPSA) is 32.3 Å². The van der Waals surface area contributed by atoms with Crippen LogP contribution in [0.1, 0.15) is 12.5 Å². The fraction of sp³-hybridized carbons (Fsp3) is 0.400. The Hall–Kier alpha value is -0.730. The van der Waals surface area contributed by atoms with E-state index in [1.165, 1.54) is 5.56 Å². The highest BCUT2D eigenvalue weighted by Crippen LogP contribution is 2.09. The lowest BCUT2D eigenvalue weighted by atomic mass is 10.1. The summed E-state index contributed by atoms with van der Waals surface area (Å²) in [5.74, 6) is 0.335. The average Bonchev–Trinajstić information content (AvgIpc) is 2.09. The molecule has 0 radical (unpaired) electrons. The molecule has 2 N–H and O–H groups in total. The Morgan fingerprint density at radius 3 is 2.38 bits per heavy atom. The minimum absolute atomic E-state index is 0. The van der Waals surface area contributed by atoms with Crippen molar-refractivity contribution in [3.8, 4) is 5.75 Å². The SMILES string of the molecule is CCNCCc1ccc(O)cc1.Cl. The molecule has 13 heavy (non-hydrogen) atoms. The molecule has 2 nitrogen and oxygen atoms in total. The predicted molar refractivity (Wildman–Crippen MR) is 57.6 cm³/mol. The van der Waals surface area contributed by atoms with E-state index in [0.717, 1.165) is 19.5 Å². The van der Waals surface area contributed by atoms with E-state index in [1.54, 1.807) is 12.1 Å². The van der Waals surface area contributed by atoms with Gasteiger partial charge in [-0.2, -0.15) is 0 Å². The third-order valence-electron chi connectivity index (χ3n) is 1.78. The van der Waals surface area contributed by atoms with Gasteiger partial charge in [0.15, 0.2) is 0 Å². The number of nitrogens with one attached hydrogen (secondary N) is 1. The normalized spacial score (nSPS) is 9.31. The molecule has 0 aromatic heterocycles. The standard InChI is InChI=1S/C10H15NO.ClH/c1-2-11-8-7-9-3-5-10(12)6-4-9;/h3-6,11-12H,2,7-8H2,1H3;1H. The first-order valence-electron chi connectivity index (χ1n) is 4.31. The van der Waals surface area contributed by atoms with Crippen molar-refractivity contribution in [2.45, 2.75) is 13.3 Å². The predicted octanol–water partition coefficient (Wildman–Crippen LogP) is 1.97. The van der Waals surface area contributed by atoms with Gasteiger partial charge in [-0.05, 0) is 37.2 Å². The lowest BCUT2D eigenvalue weighted by Gasteiger charge is -2.01. The molecular weight excluding hydrogens is 186 g/mol. The summed E-state index contributed by atoms with van der Waals surface area (Å²) in [6.07, 6.45) is 1.02. The summed E-state index contributed by atoms with van der Waals surface area (Å²) in [7, 11) is 0. The molecule has 0 aliphatic rings. The number of benzene rings is 1. The molecule has 0 aliphatic carbocycles. The Balaban J connectivity index is 0.00000144. The number of hydrogen-bond donors (Lipinski definition) is 2. The summed E-state index contributed by atoms with van der Waals surface area (Å²) in [5.41, 5.74) is 1.26. The highest BCUT2D eigenvalue weighted by Gasteiger charge is 1.91. The first-order chi connectivity index (χ1) is 5.83. The van der Waals surface area contributed by atoms with E-state index in [-0.39, 0.29) is 12.4 Å². The maximum atomic E-state index is 9.01. The van der Waals surface area contributed by atoms with Crippen LogP contribution < -0.4 is 5.32 Å². The Morgan fingerprint density at radius 2 is 1.85 bits per heavy atom. The molecule has 0 unspecified atom stereocenters. The van der Waals surface area contributed by atoms with Crippen LogP contribution in [-0.4, -0.2) is 18.2 Å². The lowest BCUT2D eigenvalue weighted by molar-refractivity contribution is 0.475. The molecule has 1 aromatic rings. The van der Waals surface area contributed by atoms with Gasteiger partial charge in [0.1, 0.15) is 5.75 Å². The van der Waals surface area contributed by atoms with Crippen LogP contribution >= 0.6 is 12.4 Å². The van der Waals surface area contributed by atoms with Crippen molar-refractivity contribution >= 4 is 12.4 Å². The second-order valence-corrected chi connectivity index (χ2v) is 2.77. The van der Waals surface area contributed by atoms with Gasteiger partial charge in [0.05, 0.1) is 0 Å². The van der Waals surface area contributed by atoms with E-state index in [1.807, 2.05) is 12.1 Å². The molecule has 0 bridgehead atoms. The second kappa shape index (κ2) is 6.75. The Morgan fingerprint density at radius 1 is 1.23 bits per heavy atom. The van der Waals surface area contributed by atoms with Gasteiger partial charge in [0.25, 0.3) is 0 Å². The highest BCUT2D eigenvalue weighted by atomic mass is 35.5. The zero-order valence-corrected chi connectivity index (χ0v) is 8.60. The quantitative estimate of drug-likeness (QED) is 0.731. The van der Waals surface area contributed by atoms with Crippen LogP contribution in [0.15, 0.2) is 24.3 Å². The maximum absolute atomic E-state index is 9.01. The van der Waals surface area contributed by atoms with Crippen LogP contribution in [0, 0.1) is 0 Å². The van der Waals surface area contributed by atoms with E-state index >= 15 is 0 Å². The number of halogens is 1. The summed E-state index contributed by atoms with van der Waals surface area (Å²) in [6, 6.07) is 7.35. The van der Waals surface area contributed by atoms with Crippen LogP contribution in [0.4, 0.5) is 0 Å². The number of aromatic hydroxyl groups is 1. The van der Waals surface area contributed by atoms with E-state index in [2.05, 4.69) is 12.2 Å². The first kappa shape index (κ1) is 12.3. The van der Waals surface area contributed by atoms with E-state index in [4.69, 9.17) is 5.11 Å². The molecule has 0 spiro atoms. The summed E-state index contributed by atoms with van der Waals surface area (Å²) in [6.45, 7) is 4.11. The largest absolute Gasteiger partial charge is 0.508 e. The van der Waals surface area contributed by atoms with Crippen molar-refractivity contribution in [1.82, 2.24) is 5.32 Å². The number of hydrogen-bond acceptors (Lipinski definition) is 2. The number of likely N-dealkylation sites (N-methyl/N-ethyl adjacent to an activating group) is 1. The summed E-state index contributed by atoms with van der Waals surface area (Å²) in [5, 5.41) is 12.3. The fourth-order valence-electron chi connectivity index (χ4n) is 1.07.